The molecule has 0 radical (unpaired) electrons. The molecule has 1 aliphatic rings. The Kier molecular flexibility index (Phi) is 5.26. The number of aliphatic hydroxyl groups is 1. The molecule has 1 amide bonds. The van der Waals surface area contributed by atoms with Gasteiger partial charge in [0.25, 0.3) is 0 Å². The van der Waals surface area contributed by atoms with Crippen LogP contribution in [0.25, 0.3) is 10.9 Å². The molecule has 3 aromatic rings. The number of nitrogens with zero attached hydrogens (tertiary/aromatic N) is 1. The van der Waals surface area contributed by atoms with Gasteiger partial charge in [-0.1, -0.05) is 48.5 Å². The van der Waals surface area contributed by atoms with Crippen molar-refractivity contribution in [1.82, 2.24) is 9.88 Å². The van der Waals surface area contributed by atoms with Gasteiger partial charge < -0.3 is 15.0 Å². The van der Waals surface area contributed by atoms with Crippen molar-refractivity contribution in [3.05, 3.63) is 71.9 Å². The number of aryl methyl sites for hydroxylation is 1. The standard InChI is InChI=1S/C23H26N2O2/c26-22(11-10-19-16-24-21-9-5-4-8-20(19)21)25-14-12-18(13-15-25)23(27)17-6-2-1-3-7-17/h1-9,16,18,23-24,27H,10-15H2. The molecule has 2 heterocycles. The number of aromatic nitrogens is 1. The molecule has 1 aromatic heterocycles. The molecule has 2 aromatic carbocycles. The number of hydrogen-bond donors (Lipinski definition) is 2. The molecular formula is C23H26N2O2. The molecule has 1 unspecified atom stereocenters. The Bertz CT molecular complexity index is 895. The normalized spacial score (nSPS) is 16.6. The smallest absolute Gasteiger partial charge is 0.222 e. The number of H-pyrrole nitrogens is 1. The molecule has 0 aliphatic carbocycles. The van der Waals surface area contributed by atoms with Crippen LogP contribution < -0.4 is 0 Å². The fraction of sp³-hybridized carbons (Fsp3) is 0.348. The maximum absolute atomic E-state index is 12.6. The van der Waals surface area contributed by atoms with E-state index in [1.54, 1.807) is 0 Å². The Morgan fingerprint density at radius 2 is 1.78 bits per heavy atom. The summed E-state index contributed by atoms with van der Waals surface area (Å²) in [6, 6.07) is 18.0. The van der Waals surface area contributed by atoms with E-state index in [0.29, 0.717) is 6.42 Å². The summed E-state index contributed by atoms with van der Waals surface area (Å²) in [4.78, 5) is 17.9. The van der Waals surface area contributed by atoms with Crippen molar-refractivity contribution < 1.29 is 9.90 Å². The van der Waals surface area contributed by atoms with Gasteiger partial charge in [-0.2, -0.15) is 0 Å². The number of nitrogens with one attached hydrogen (secondary N) is 1. The van der Waals surface area contributed by atoms with Gasteiger partial charge in [0.05, 0.1) is 6.10 Å². The highest BCUT2D eigenvalue weighted by molar-refractivity contribution is 5.84. The molecule has 4 heteroatoms. The molecule has 140 valence electrons. The van der Waals surface area contributed by atoms with Crippen LogP contribution in [-0.4, -0.2) is 34.0 Å². The highest BCUT2D eigenvalue weighted by atomic mass is 16.3. The van der Waals surface area contributed by atoms with Crippen LogP contribution in [-0.2, 0) is 11.2 Å². The minimum absolute atomic E-state index is 0.216. The molecule has 4 nitrogen and oxygen atoms in total. The molecule has 1 atom stereocenters. The van der Waals surface area contributed by atoms with Gasteiger partial charge in [-0.3, -0.25) is 4.79 Å². The zero-order chi connectivity index (χ0) is 18.6. The Labute approximate surface area is 159 Å². The number of aliphatic hydroxyl groups excluding tert-OH is 1. The number of likely N-dealkylation sites (tertiary alicyclic amines) is 1. The SMILES string of the molecule is O=C(CCc1c[nH]c2ccccc12)N1CCC(C(O)c2ccccc2)CC1. The number of piperidine rings is 1. The highest BCUT2D eigenvalue weighted by Gasteiger charge is 2.28. The second kappa shape index (κ2) is 7.97. The maximum Gasteiger partial charge on any atom is 0.222 e. The van der Waals surface area contributed by atoms with Gasteiger partial charge in [-0.05, 0) is 42.4 Å². The number of aromatic amines is 1. The number of rotatable bonds is 5. The predicted molar refractivity (Wildman–Crippen MR) is 107 cm³/mol. The number of amides is 1. The van der Waals surface area contributed by atoms with Crippen molar-refractivity contribution in [3.63, 3.8) is 0 Å². The van der Waals surface area contributed by atoms with Gasteiger partial charge in [-0.15, -0.1) is 0 Å². The Balaban J connectivity index is 1.30. The lowest BCUT2D eigenvalue weighted by molar-refractivity contribution is -0.133. The largest absolute Gasteiger partial charge is 0.388 e. The quantitative estimate of drug-likeness (QED) is 0.719. The molecule has 0 spiro atoms. The molecule has 27 heavy (non-hydrogen) atoms. The summed E-state index contributed by atoms with van der Waals surface area (Å²) in [6.07, 6.45) is 4.59. The first-order chi connectivity index (χ1) is 13.2. The molecule has 1 aliphatic heterocycles. The lowest BCUT2D eigenvalue weighted by Crippen LogP contribution is -2.39. The van der Waals surface area contributed by atoms with Gasteiger partial charge in [0, 0.05) is 36.6 Å². The monoisotopic (exact) mass is 362 g/mol. The zero-order valence-corrected chi connectivity index (χ0v) is 15.5. The third kappa shape index (κ3) is 3.91. The van der Waals surface area contributed by atoms with Crippen molar-refractivity contribution in [3.8, 4) is 0 Å². The third-order valence-corrected chi connectivity index (χ3v) is 5.76. The molecule has 1 saturated heterocycles. The first-order valence-corrected chi connectivity index (χ1v) is 9.78. The third-order valence-electron chi connectivity index (χ3n) is 5.76. The minimum Gasteiger partial charge on any atom is -0.388 e. The van der Waals surface area contributed by atoms with Gasteiger partial charge in [-0.25, -0.2) is 0 Å². The summed E-state index contributed by atoms with van der Waals surface area (Å²) < 4.78 is 0. The fourth-order valence-electron chi connectivity index (χ4n) is 4.13. The van der Waals surface area contributed by atoms with Crippen LogP contribution in [0.4, 0.5) is 0 Å². The van der Waals surface area contributed by atoms with E-state index in [0.717, 1.165) is 43.4 Å². The predicted octanol–water partition coefficient (Wildman–Crippen LogP) is 4.07. The van der Waals surface area contributed by atoms with Crippen molar-refractivity contribution in [1.29, 1.82) is 0 Å². The lowest BCUT2D eigenvalue weighted by Gasteiger charge is -2.34. The van der Waals surface area contributed by atoms with E-state index in [1.807, 2.05) is 53.6 Å². The van der Waals surface area contributed by atoms with Crippen LogP contribution in [0.15, 0.2) is 60.8 Å². The summed E-state index contributed by atoms with van der Waals surface area (Å²) >= 11 is 0. The summed E-state index contributed by atoms with van der Waals surface area (Å²) in [5, 5.41) is 11.8. The Morgan fingerprint density at radius 1 is 1.07 bits per heavy atom. The van der Waals surface area contributed by atoms with Crippen LogP contribution in [0.5, 0.6) is 0 Å². The molecule has 4 rings (SSSR count). The van der Waals surface area contributed by atoms with E-state index < -0.39 is 6.10 Å². The number of para-hydroxylation sites is 1. The van der Waals surface area contributed by atoms with E-state index in [1.165, 1.54) is 10.9 Å². The van der Waals surface area contributed by atoms with Crippen molar-refractivity contribution in [2.45, 2.75) is 31.8 Å². The first-order valence-electron chi connectivity index (χ1n) is 9.78. The molecule has 0 saturated carbocycles. The molecule has 2 N–H and O–H groups in total. The minimum atomic E-state index is -0.435. The number of carbonyl (C=O) groups excluding carboxylic acids is 1. The van der Waals surface area contributed by atoms with Gasteiger partial charge in [0.15, 0.2) is 0 Å². The maximum atomic E-state index is 12.6. The zero-order valence-electron chi connectivity index (χ0n) is 15.5. The van der Waals surface area contributed by atoms with E-state index in [2.05, 4.69) is 17.1 Å². The van der Waals surface area contributed by atoms with Gasteiger partial charge >= 0.3 is 0 Å². The number of benzene rings is 2. The van der Waals surface area contributed by atoms with Gasteiger partial charge in [0.1, 0.15) is 0 Å². The van der Waals surface area contributed by atoms with Crippen LogP contribution >= 0.6 is 0 Å². The molecule has 1 fully saturated rings. The van der Waals surface area contributed by atoms with E-state index in [-0.39, 0.29) is 11.8 Å². The lowest BCUT2D eigenvalue weighted by atomic mass is 9.87. The van der Waals surface area contributed by atoms with E-state index in [4.69, 9.17) is 0 Å². The summed E-state index contributed by atoms with van der Waals surface area (Å²) in [5.41, 5.74) is 3.30. The average molecular weight is 362 g/mol. The first kappa shape index (κ1) is 17.8. The van der Waals surface area contributed by atoms with Crippen LogP contribution in [0.2, 0.25) is 0 Å². The average Bonchev–Trinajstić information content (AvgIpc) is 3.15. The fourth-order valence-corrected chi connectivity index (χ4v) is 4.13. The Morgan fingerprint density at radius 3 is 2.56 bits per heavy atom. The topological polar surface area (TPSA) is 56.3 Å². The van der Waals surface area contributed by atoms with E-state index >= 15 is 0 Å². The van der Waals surface area contributed by atoms with Crippen molar-refractivity contribution in [2.24, 2.45) is 5.92 Å². The number of hydrogen-bond acceptors (Lipinski definition) is 2. The second-order valence-electron chi connectivity index (χ2n) is 7.43. The van der Waals surface area contributed by atoms with Crippen LogP contribution in [0, 0.1) is 5.92 Å². The molecule has 0 bridgehead atoms. The number of carbonyl (C=O) groups is 1. The van der Waals surface area contributed by atoms with Crippen molar-refractivity contribution in [2.75, 3.05) is 13.1 Å². The molecular weight excluding hydrogens is 336 g/mol. The van der Waals surface area contributed by atoms with E-state index in [9.17, 15) is 9.90 Å². The second-order valence-corrected chi connectivity index (χ2v) is 7.43. The van der Waals surface area contributed by atoms with Gasteiger partial charge in [0.2, 0.25) is 5.91 Å². The van der Waals surface area contributed by atoms with Crippen molar-refractivity contribution >= 4 is 16.8 Å². The Hall–Kier alpha value is -2.59. The van der Waals surface area contributed by atoms with Crippen LogP contribution in [0.1, 0.15) is 36.5 Å². The highest BCUT2D eigenvalue weighted by Crippen LogP contribution is 2.31. The summed E-state index contributed by atoms with van der Waals surface area (Å²) in [6.45, 7) is 1.47. The summed E-state index contributed by atoms with van der Waals surface area (Å²) in [7, 11) is 0. The van der Waals surface area contributed by atoms with Crippen LogP contribution in [0.3, 0.4) is 0 Å². The summed E-state index contributed by atoms with van der Waals surface area (Å²) in [5.74, 6) is 0.443. The number of fused-ring (bicyclic) bond motifs is 1.